The number of aromatic nitrogens is 1. The maximum atomic E-state index is 11.7. The molecule has 0 bridgehead atoms. The Kier molecular flexibility index (Phi) is 3.96. The quantitative estimate of drug-likeness (QED) is 0.712. The molecule has 2 rings (SSSR count). The van der Waals surface area contributed by atoms with Crippen molar-refractivity contribution in [2.75, 3.05) is 17.0 Å². The third kappa shape index (κ3) is 4.70. The van der Waals surface area contributed by atoms with E-state index >= 15 is 0 Å². The highest BCUT2D eigenvalue weighted by Gasteiger charge is 2.20. The van der Waals surface area contributed by atoms with Crippen LogP contribution in [0.5, 0.6) is 0 Å². The molecule has 1 aliphatic carbocycles. The van der Waals surface area contributed by atoms with E-state index in [-0.39, 0.29) is 5.75 Å². The Morgan fingerprint density at radius 3 is 2.88 bits per heavy atom. The average molecular weight is 255 g/mol. The van der Waals surface area contributed by atoms with Crippen LogP contribution in [0.2, 0.25) is 0 Å². The molecule has 2 N–H and O–H groups in total. The summed E-state index contributed by atoms with van der Waals surface area (Å²) in [6, 6.07) is 4.02. The highest BCUT2D eigenvalue weighted by Crippen LogP contribution is 2.18. The molecular formula is C11H17N3O2S. The summed E-state index contributed by atoms with van der Waals surface area (Å²) in [5, 5.41) is 3.29. The van der Waals surface area contributed by atoms with Crippen molar-refractivity contribution in [1.82, 2.24) is 10.3 Å². The van der Waals surface area contributed by atoms with Crippen molar-refractivity contribution in [3.05, 3.63) is 24.5 Å². The zero-order valence-electron chi connectivity index (χ0n) is 9.59. The summed E-state index contributed by atoms with van der Waals surface area (Å²) in [4.78, 5) is 3.86. The number of pyridine rings is 1. The summed E-state index contributed by atoms with van der Waals surface area (Å²) < 4.78 is 25.9. The predicted molar refractivity (Wildman–Crippen MR) is 67.3 cm³/mol. The second kappa shape index (κ2) is 5.46. The van der Waals surface area contributed by atoms with Crippen LogP contribution in [0.3, 0.4) is 0 Å². The SMILES string of the molecule is O=S(=O)(CCCNC1CC1)Nc1cccnc1. The number of rotatable bonds is 7. The standard InChI is InChI=1S/C11H17N3O2S/c15-17(16,8-2-7-13-10-4-5-10)14-11-3-1-6-12-9-11/h1,3,6,9-10,13-14H,2,4-5,7-8H2. The fourth-order valence-corrected chi connectivity index (χ4v) is 2.62. The van der Waals surface area contributed by atoms with E-state index in [2.05, 4.69) is 15.0 Å². The van der Waals surface area contributed by atoms with E-state index in [9.17, 15) is 8.42 Å². The molecule has 1 aliphatic rings. The Bertz CT molecular complexity index is 443. The summed E-state index contributed by atoms with van der Waals surface area (Å²) in [6.07, 6.45) is 6.19. The van der Waals surface area contributed by atoms with Crippen molar-refractivity contribution >= 4 is 15.7 Å². The van der Waals surface area contributed by atoms with Gasteiger partial charge in [-0.25, -0.2) is 8.42 Å². The summed E-state index contributed by atoms with van der Waals surface area (Å²) in [7, 11) is -3.24. The molecule has 5 nitrogen and oxygen atoms in total. The lowest BCUT2D eigenvalue weighted by atomic mass is 10.4. The number of nitrogens with zero attached hydrogens (tertiary/aromatic N) is 1. The van der Waals surface area contributed by atoms with Gasteiger partial charge in [-0.1, -0.05) is 0 Å². The molecule has 1 fully saturated rings. The van der Waals surface area contributed by atoms with Crippen LogP contribution in [0.4, 0.5) is 5.69 Å². The maximum Gasteiger partial charge on any atom is 0.232 e. The molecule has 0 aromatic carbocycles. The van der Waals surface area contributed by atoms with Crippen LogP contribution in [0.15, 0.2) is 24.5 Å². The van der Waals surface area contributed by atoms with Gasteiger partial charge in [0.15, 0.2) is 0 Å². The normalized spacial score (nSPS) is 15.8. The van der Waals surface area contributed by atoms with Crippen molar-refractivity contribution < 1.29 is 8.42 Å². The van der Waals surface area contributed by atoms with E-state index in [1.807, 2.05) is 0 Å². The molecule has 0 saturated heterocycles. The molecule has 6 heteroatoms. The van der Waals surface area contributed by atoms with Crippen LogP contribution in [-0.4, -0.2) is 31.7 Å². The molecule has 17 heavy (non-hydrogen) atoms. The molecule has 0 radical (unpaired) electrons. The molecule has 1 aromatic heterocycles. The van der Waals surface area contributed by atoms with E-state index in [4.69, 9.17) is 0 Å². The Balaban J connectivity index is 1.73. The minimum Gasteiger partial charge on any atom is -0.314 e. The second-order valence-electron chi connectivity index (χ2n) is 4.24. The first-order chi connectivity index (χ1) is 8.16. The third-order valence-electron chi connectivity index (χ3n) is 2.54. The fraction of sp³-hybridized carbons (Fsp3) is 0.545. The first kappa shape index (κ1) is 12.3. The molecule has 1 heterocycles. The van der Waals surface area contributed by atoms with Gasteiger partial charge in [0.2, 0.25) is 10.0 Å². The van der Waals surface area contributed by atoms with Gasteiger partial charge in [-0.15, -0.1) is 0 Å². The Labute approximate surface area is 102 Å². The van der Waals surface area contributed by atoms with Gasteiger partial charge in [-0.2, -0.15) is 0 Å². The largest absolute Gasteiger partial charge is 0.314 e. The average Bonchev–Trinajstić information content (AvgIpc) is 3.09. The molecule has 1 aromatic rings. The van der Waals surface area contributed by atoms with Crippen LogP contribution < -0.4 is 10.0 Å². The number of hydrogen-bond donors (Lipinski definition) is 2. The van der Waals surface area contributed by atoms with Gasteiger partial charge in [0.1, 0.15) is 0 Å². The summed E-state index contributed by atoms with van der Waals surface area (Å²) >= 11 is 0. The minimum absolute atomic E-state index is 0.140. The van der Waals surface area contributed by atoms with E-state index in [1.165, 1.54) is 19.0 Å². The highest BCUT2D eigenvalue weighted by atomic mass is 32.2. The fourth-order valence-electron chi connectivity index (χ4n) is 1.51. The first-order valence-electron chi connectivity index (χ1n) is 5.80. The number of sulfonamides is 1. The van der Waals surface area contributed by atoms with Crippen LogP contribution in [0.25, 0.3) is 0 Å². The monoisotopic (exact) mass is 255 g/mol. The van der Waals surface area contributed by atoms with Gasteiger partial charge >= 0.3 is 0 Å². The van der Waals surface area contributed by atoms with Gasteiger partial charge < -0.3 is 5.32 Å². The van der Waals surface area contributed by atoms with Crippen LogP contribution in [0.1, 0.15) is 19.3 Å². The second-order valence-corrected chi connectivity index (χ2v) is 6.09. The maximum absolute atomic E-state index is 11.7. The van der Waals surface area contributed by atoms with Crippen molar-refractivity contribution in [2.45, 2.75) is 25.3 Å². The topological polar surface area (TPSA) is 71.1 Å². The molecule has 94 valence electrons. The Morgan fingerprint density at radius 1 is 1.41 bits per heavy atom. The highest BCUT2D eigenvalue weighted by molar-refractivity contribution is 7.92. The molecular weight excluding hydrogens is 238 g/mol. The van der Waals surface area contributed by atoms with Gasteiger partial charge in [-0.05, 0) is 37.9 Å². The summed E-state index contributed by atoms with van der Waals surface area (Å²) in [6.45, 7) is 0.763. The van der Waals surface area contributed by atoms with E-state index < -0.39 is 10.0 Å². The predicted octanol–water partition coefficient (Wildman–Crippen LogP) is 0.965. The Hall–Kier alpha value is -1.14. The van der Waals surface area contributed by atoms with E-state index in [1.54, 1.807) is 18.3 Å². The van der Waals surface area contributed by atoms with Gasteiger partial charge in [0.05, 0.1) is 17.6 Å². The zero-order valence-corrected chi connectivity index (χ0v) is 10.4. The number of nitrogens with one attached hydrogen (secondary N) is 2. The van der Waals surface area contributed by atoms with Crippen LogP contribution >= 0.6 is 0 Å². The first-order valence-corrected chi connectivity index (χ1v) is 7.45. The molecule has 0 atom stereocenters. The van der Waals surface area contributed by atoms with Crippen LogP contribution in [-0.2, 0) is 10.0 Å². The van der Waals surface area contributed by atoms with Crippen molar-refractivity contribution in [3.8, 4) is 0 Å². The number of hydrogen-bond acceptors (Lipinski definition) is 4. The lowest BCUT2D eigenvalue weighted by Gasteiger charge is -2.07. The van der Waals surface area contributed by atoms with E-state index in [0.717, 1.165) is 6.54 Å². The number of anilines is 1. The molecule has 0 unspecified atom stereocenters. The zero-order chi connectivity index (χ0) is 12.1. The molecule has 1 saturated carbocycles. The van der Waals surface area contributed by atoms with E-state index in [0.29, 0.717) is 18.2 Å². The van der Waals surface area contributed by atoms with Crippen LogP contribution in [0, 0.1) is 0 Å². The lowest BCUT2D eigenvalue weighted by molar-refractivity contribution is 0.593. The van der Waals surface area contributed by atoms with Gasteiger partial charge in [0.25, 0.3) is 0 Å². The van der Waals surface area contributed by atoms with Crippen molar-refractivity contribution in [1.29, 1.82) is 0 Å². The Morgan fingerprint density at radius 2 is 2.24 bits per heavy atom. The molecule has 0 aliphatic heterocycles. The van der Waals surface area contributed by atoms with Gasteiger partial charge in [-0.3, -0.25) is 9.71 Å². The lowest BCUT2D eigenvalue weighted by Crippen LogP contribution is -2.23. The van der Waals surface area contributed by atoms with Crippen molar-refractivity contribution in [2.24, 2.45) is 0 Å². The molecule has 0 spiro atoms. The van der Waals surface area contributed by atoms with Crippen molar-refractivity contribution in [3.63, 3.8) is 0 Å². The van der Waals surface area contributed by atoms with Gasteiger partial charge in [0, 0.05) is 12.2 Å². The smallest absolute Gasteiger partial charge is 0.232 e. The summed E-state index contributed by atoms with van der Waals surface area (Å²) in [5.74, 6) is 0.140. The summed E-state index contributed by atoms with van der Waals surface area (Å²) in [5.41, 5.74) is 0.516. The third-order valence-corrected chi connectivity index (χ3v) is 3.91. The minimum atomic E-state index is -3.24. The molecule has 0 amide bonds.